The maximum atomic E-state index is 13.5. The van der Waals surface area contributed by atoms with Crippen molar-refractivity contribution in [2.24, 2.45) is 0 Å². The molecule has 0 aromatic heterocycles. The van der Waals surface area contributed by atoms with Crippen LogP contribution in [-0.4, -0.2) is 25.7 Å². The van der Waals surface area contributed by atoms with Crippen molar-refractivity contribution in [3.63, 3.8) is 0 Å². The third-order valence-corrected chi connectivity index (χ3v) is 5.34. The Bertz CT molecular complexity index is 539. The lowest BCUT2D eigenvalue weighted by atomic mass is 10.0. The van der Waals surface area contributed by atoms with Crippen molar-refractivity contribution in [1.82, 2.24) is 4.72 Å². The van der Waals surface area contributed by atoms with E-state index in [9.17, 15) is 17.2 Å². The molecule has 1 N–H and O–H groups in total. The first-order valence-corrected chi connectivity index (χ1v) is 7.96. The van der Waals surface area contributed by atoms with Crippen molar-refractivity contribution in [3.05, 3.63) is 29.8 Å². The molecule has 0 unspecified atom stereocenters. The number of halogens is 4. The molecule has 108 valence electrons. The van der Waals surface area contributed by atoms with Gasteiger partial charge in [-0.1, -0.05) is 6.92 Å². The Balaban J connectivity index is 3.21. The van der Waals surface area contributed by atoms with Gasteiger partial charge in [0.2, 0.25) is 10.0 Å². The largest absolute Gasteiger partial charge is 0.244 e. The highest BCUT2D eigenvalue weighted by molar-refractivity contribution is 7.89. The fraction of sp³-hybridized carbons (Fsp3) is 0.455. The van der Waals surface area contributed by atoms with Crippen LogP contribution in [0.25, 0.3) is 0 Å². The second-order valence-corrected chi connectivity index (χ2v) is 6.27. The Morgan fingerprint density at radius 3 is 2.32 bits per heavy atom. The summed E-state index contributed by atoms with van der Waals surface area (Å²) < 4.78 is 52.9. The molecule has 8 heteroatoms. The molecule has 0 saturated heterocycles. The summed E-state index contributed by atoms with van der Waals surface area (Å²) in [6.07, 6.45) is 0.316. The maximum absolute atomic E-state index is 13.5. The van der Waals surface area contributed by atoms with Crippen LogP contribution in [0, 0.1) is 11.6 Å². The predicted octanol–water partition coefficient (Wildman–Crippen LogP) is 2.87. The molecule has 0 amide bonds. The van der Waals surface area contributed by atoms with Crippen molar-refractivity contribution >= 4 is 33.2 Å². The van der Waals surface area contributed by atoms with E-state index in [2.05, 4.69) is 4.72 Å². The fourth-order valence-electron chi connectivity index (χ4n) is 1.37. The first-order valence-electron chi connectivity index (χ1n) is 5.41. The first kappa shape index (κ1) is 16.6. The van der Waals surface area contributed by atoms with Gasteiger partial charge in [0.15, 0.2) is 0 Å². The standard InChI is InChI=1S/C11H13Cl2F2NO2S/c1-2-11(6-12,7-13)16-19(17,18)10-5-8(14)3-4-9(10)15/h3-5,16H,2,6-7H2,1H3. The van der Waals surface area contributed by atoms with Crippen molar-refractivity contribution in [3.8, 4) is 0 Å². The molecule has 0 heterocycles. The lowest BCUT2D eigenvalue weighted by Gasteiger charge is -2.29. The summed E-state index contributed by atoms with van der Waals surface area (Å²) in [5.74, 6) is -2.05. The molecule has 0 fully saturated rings. The summed E-state index contributed by atoms with van der Waals surface area (Å²) in [6, 6.07) is 2.20. The number of hydrogen-bond acceptors (Lipinski definition) is 2. The van der Waals surface area contributed by atoms with Crippen LogP contribution in [0.3, 0.4) is 0 Å². The summed E-state index contributed by atoms with van der Waals surface area (Å²) in [7, 11) is -4.24. The van der Waals surface area contributed by atoms with Gasteiger partial charge in [-0.2, -0.15) is 0 Å². The average molecular weight is 332 g/mol. The number of nitrogens with one attached hydrogen (secondary N) is 1. The number of alkyl halides is 2. The van der Waals surface area contributed by atoms with Crippen LogP contribution in [0.15, 0.2) is 23.1 Å². The van der Waals surface area contributed by atoms with Gasteiger partial charge in [-0.25, -0.2) is 21.9 Å². The molecule has 1 aromatic rings. The van der Waals surface area contributed by atoms with Crippen molar-refractivity contribution < 1.29 is 17.2 Å². The Hall–Kier alpha value is -0.430. The lowest BCUT2D eigenvalue weighted by molar-refractivity contribution is 0.446. The van der Waals surface area contributed by atoms with Crippen LogP contribution in [0.2, 0.25) is 0 Å². The zero-order chi connectivity index (χ0) is 14.7. The molecule has 0 radical (unpaired) electrons. The van der Waals surface area contributed by atoms with E-state index >= 15 is 0 Å². The Morgan fingerprint density at radius 1 is 1.26 bits per heavy atom. The van der Waals surface area contributed by atoms with Crippen LogP contribution in [0.4, 0.5) is 8.78 Å². The Labute approximate surface area is 121 Å². The minimum Gasteiger partial charge on any atom is -0.207 e. The molecule has 1 aromatic carbocycles. The van der Waals surface area contributed by atoms with Crippen molar-refractivity contribution in [2.45, 2.75) is 23.8 Å². The molecule has 19 heavy (non-hydrogen) atoms. The van der Waals surface area contributed by atoms with Gasteiger partial charge >= 0.3 is 0 Å². The van der Waals surface area contributed by atoms with E-state index in [4.69, 9.17) is 23.2 Å². The fourth-order valence-corrected chi connectivity index (χ4v) is 3.89. The monoisotopic (exact) mass is 331 g/mol. The van der Waals surface area contributed by atoms with E-state index in [0.717, 1.165) is 12.1 Å². The van der Waals surface area contributed by atoms with Gasteiger partial charge in [0.1, 0.15) is 16.5 Å². The second-order valence-electron chi connectivity index (χ2n) is 4.08. The topological polar surface area (TPSA) is 46.2 Å². The Morgan fingerprint density at radius 2 is 1.84 bits per heavy atom. The molecular formula is C11H13Cl2F2NO2S. The zero-order valence-corrected chi connectivity index (χ0v) is 12.4. The quantitative estimate of drug-likeness (QED) is 0.815. The van der Waals surface area contributed by atoms with Crippen molar-refractivity contribution in [1.29, 1.82) is 0 Å². The molecule has 0 atom stereocenters. The number of hydrogen-bond donors (Lipinski definition) is 1. The van der Waals surface area contributed by atoms with Gasteiger partial charge in [-0.3, -0.25) is 0 Å². The highest BCUT2D eigenvalue weighted by Gasteiger charge is 2.33. The third kappa shape index (κ3) is 3.78. The van der Waals surface area contributed by atoms with Gasteiger partial charge in [0, 0.05) is 11.8 Å². The first-order chi connectivity index (χ1) is 8.80. The summed E-state index contributed by atoms with van der Waals surface area (Å²) in [5.41, 5.74) is -1.10. The summed E-state index contributed by atoms with van der Waals surface area (Å²) in [6.45, 7) is 1.69. The maximum Gasteiger partial charge on any atom is 0.244 e. The molecule has 0 spiro atoms. The van der Waals surface area contributed by atoms with E-state index in [1.807, 2.05) is 0 Å². The van der Waals surface area contributed by atoms with E-state index in [1.54, 1.807) is 6.92 Å². The molecule has 0 aliphatic rings. The van der Waals surface area contributed by atoms with Crippen LogP contribution in [-0.2, 0) is 10.0 Å². The van der Waals surface area contributed by atoms with Gasteiger partial charge in [-0.15, -0.1) is 23.2 Å². The van der Waals surface area contributed by atoms with Crippen LogP contribution in [0.1, 0.15) is 13.3 Å². The third-order valence-electron chi connectivity index (χ3n) is 2.72. The summed E-state index contributed by atoms with van der Waals surface area (Å²) >= 11 is 11.4. The molecule has 0 bridgehead atoms. The van der Waals surface area contributed by atoms with Crippen LogP contribution < -0.4 is 4.72 Å². The SMILES string of the molecule is CCC(CCl)(CCl)NS(=O)(=O)c1cc(F)ccc1F. The molecule has 0 aliphatic carbocycles. The van der Waals surface area contributed by atoms with E-state index in [0.29, 0.717) is 12.5 Å². The Kier molecular flexibility index (Phi) is 5.55. The zero-order valence-electron chi connectivity index (χ0n) is 10.1. The highest BCUT2D eigenvalue weighted by Crippen LogP contribution is 2.21. The van der Waals surface area contributed by atoms with Gasteiger partial charge < -0.3 is 0 Å². The highest BCUT2D eigenvalue weighted by atomic mass is 35.5. The van der Waals surface area contributed by atoms with Crippen LogP contribution in [0.5, 0.6) is 0 Å². The smallest absolute Gasteiger partial charge is 0.207 e. The lowest BCUT2D eigenvalue weighted by Crippen LogP contribution is -2.51. The van der Waals surface area contributed by atoms with Crippen molar-refractivity contribution in [2.75, 3.05) is 11.8 Å². The van der Waals surface area contributed by atoms with Gasteiger partial charge in [0.05, 0.1) is 5.54 Å². The second kappa shape index (κ2) is 6.35. The van der Waals surface area contributed by atoms with Gasteiger partial charge in [0.25, 0.3) is 0 Å². The molecule has 3 nitrogen and oxygen atoms in total. The molecular weight excluding hydrogens is 319 g/mol. The van der Waals surface area contributed by atoms with E-state index < -0.39 is 32.1 Å². The summed E-state index contributed by atoms with van der Waals surface area (Å²) in [4.78, 5) is -0.763. The molecule has 1 rings (SSSR count). The number of rotatable bonds is 6. The van der Waals surface area contributed by atoms with E-state index in [1.165, 1.54) is 0 Å². The minimum absolute atomic E-state index is 0.0802. The molecule has 0 saturated carbocycles. The predicted molar refractivity (Wildman–Crippen MR) is 71.1 cm³/mol. The van der Waals surface area contributed by atoms with Crippen LogP contribution >= 0.6 is 23.2 Å². The molecule has 0 aliphatic heterocycles. The number of sulfonamides is 1. The van der Waals surface area contributed by atoms with Gasteiger partial charge in [-0.05, 0) is 24.6 Å². The minimum atomic E-state index is -4.24. The average Bonchev–Trinajstić information content (AvgIpc) is 2.39. The van der Waals surface area contributed by atoms with E-state index in [-0.39, 0.29) is 11.8 Å². The summed E-state index contributed by atoms with van der Waals surface area (Å²) in [5, 5.41) is 0. The normalized spacial score (nSPS) is 12.7. The number of benzene rings is 1.